The van der Waals surface area contributed by atoms with Crippen molar-refractivity contribution in [1.29, 1.82) is 0 Å². The van der Waals surface area contributed by atoms with Crippen LogP contribution in [0.25, 0.3) is 0 Å². The molecule has 0 saturated carbocycles. The molecule has 0 aliphatic carbocycles. The van der Waals surface area contributed by atoms with Gasteiger partial charge in [0.1, 0.15) is 12.6 Å². The molecule has 3 aromatic rings. The standard InChI is InChI=1S/C29H34BrN3O4S/c1-21-11-17-26(18-12-21)38(36,37)33(25-9-7-6-8-10-25)20-27(34)32(19-23-13-15-24(30)16-14-23)22(2)28(35)31-29(3,4)5/h6-18,22H,19-20H2,1-5H3,(H,31,35)/t22-/m1/s1. The molecule has 0 aliphatic heterocycles. The molecule has 0 spiro atoms. The summed E-state index contributed by atoms with van der Waals surface area (Å²) in [6.07, 6.45) is 0. The highest BCUT2D eigenvalue weighted by Gasteiger charge is 2.33. The van der Waals surface area contributed by atoms with Crippen LogP contribution in [0, 0.1) is 6.92 Å². The molecule has 38 heavy (non-hydrogen) atoms. The lowest BCUT2D eigenvalue weighted by Crippen LogP contribution is -2.54. The largest absolute Gasteiger partial charge is 0.350 e. The molecule has 7 nitrogen and oxygen atoms in total. The fraction of sp³-hybridized carbons (Fsp3) is 0.310. The fourth-order valence-corrected chi connectivity index (χ4v) is 5.48. The van der Waals surface area contributed by atoms with E-state index >= 15 is 0 Å². The van der Waals surface area contributed by atoms with Gasteiger partial charge in [0.2, 0.25) is 11.8 Å². The number of carbonyl (C=O) groups is 2. The van der Waals surface area contributed by atoms with E-state index in [4.69, 9.17) is 0 Å². The van der Waals surface area contributed by atoms with E-state index in [0.29, 0.717) is 5.69 Å². The third kappa shape index (κ3) is 7.68. The van der Waals surface area contributed by atoms with Gasteiger partial charge in [0.05, 0.1) is 10.6 Å². The topological polar surface area (TPSA) is 86.8 Å². The van der Waals surface area contributed by atoms with E-state index in [1.165, 1.54) is 17.0 Å². The second-order valence-corrected chi connectivity index (χ2v) is 13.0. The number of sulfonamides is 1. The Morgan fingerprint density at radius 3 is 2.05 bits per heavy atom. The van der Waals surface area contributed by atoms with Crippen molar-refractivity contribution in [2.24, 2.45) is 0 Å². The molecule has 1 atom stereocenters. The first-order chi connectivity index (χ1) is 17.8. The Morgan fingerprint density at radius 1 is 0.921 bits per heavy atom. The monoisotopic (exact) mass is 599 g/mol. The molecule has 0 radical (unpaired) electrons. The number of rotatable bonds is 9. The van der Waals surface area contributed by atoms with Crippen molar-refractivity contribution in [3.63, 3.8) is 0 Å². The first-order valence-electron chi connectivity index (χ1n) is 12.3. The Balaban J connectivity index is 2.00. The van der Waals surface area contributed by atoms with Gasteiger partial charge in [-0.2, -0.15) is 0 Å². The predicted octanol–water partition coefficient (Wildman–Crippen LogP) is 5.28. The number of para-hydroxylation sites is 1. The Labute approximate surface area is 234 Å². The Kier molecular flexibility index (Phi) is 9.38. The highest BCUT2D eigenvalue weighted by Crippen LogP contribution is 2.25. The highest BCUT2D eigenvalue weighted by atomic mass is 79.9. The highest BCUT2D eigenvalue weighted by molar-refractivity contribution is 9.10. The second kappa shape index (κ2) is 12.1. The summed E-state index contributed by atoms with van der Waals surface area (Å²) in [5.41, 5.74) is 1.59. The minimum absolute atomic E-state index is 0.0812. The number of aryl methyl sites for hydroxylation is 1. The van der Waals surface area contributed by atoms with Crippen LogP contribution < -0.4 is 9.62 Å². The molecule has 0 aromatic heterocycles. The normalized spacial score (nSPS) is 12.5. The minimum Gasteiger partial charge on any atom is -0.350 e. The summed E-state index contributed by atoms with van der Waals surface area (Å²) in [7, 11) is -4.07. The Bertz CT molecular complexity index is 1350. The van der Waals surface area contributed by atoms with E-state index in [9.17, 15) is 18.0 Å². The molecule has 0 aliphatic rings. The summed E-state index contributed by atoms with van der Waals surface area (Å²) < 4.78 is 29.5. The molecule has 3 rings (SSSR count). The van der Waals surface area contributed by atoms with Crippen LogP contribution in [0.3, 0.4) is 0 Å². The van der Waals surface area contributed by atoms with Gasteiger partial charge >= 0.3 is 0 Å². The minimum atomic E-state index is -4.07. The number of hydrogen-bond acceptors (Lipinski definition) is 4. The molecule has 1 N–H and O–H groups in total. The molecule has 0 bridgehead atoms. The fourth-order valence-electron chi connectivity index (χ4n) is 3.80. The number of halogens is 1. The van der Waals surface area contributed by atoms with Crippen molar-refractivity contribution in [3.8, 4) is 0 Å². The molecule has 9 heteroatoms. The molecular formula is C29H34BrN3O4S. The lowest BCUT2D eigenvalue weighted by molar-refractivity contribution is -0.140. The van der Waals surface area contributed by atoms with E-state index in [-0.39, 0.29) is 17.3 Å². The number of nitrogens with zero attached hydrogens (tertiary/aromatic N) is 2. The molecule has 3 aromatic carbocycles. The second-order valence-electron chi connectivity index (χ2n) is 10.2. The van der Waals surface area contributed by atoms with Crippen LogP contribution in [0.4, 0.5) is 5.69 Å². The van der Waals surface area contributed by atoms with Gasteiger partial charge in [0.15, 0.2) is 0 Å². The molecule has 0 unspecified atom stereocenters. The van der Waals surface area contributed by atoms with Gasteiger partial charge in [-0.05, 0) is 76.6 Å². The van der Waals surface area contributed by atoms with E-state index in [1.807, 2.05) is 52.0 Å². The number of hydrogen-bond donors (Lipinski definition) is 1. The van der Waals surface area contributed by atoms with Gasteiger partial charge < -0.3 is 10.2 Å². The zero-order valence-electron chi connectivity index (χ0n) is 22.3. The average Bonchev–Trinajstić information content (AvgIpc) is 2.86. The van der Waals surface area contributed by atoms with Gasteiger partial charge in [-0.25, -0.2) is 8.42 Å². The molecular weight excluding hydrogens is 566 g/mol. The van der Waals surface area contributed by atoms with Gasteiger partial charge in [0, 0.05) is 16.6 Å². The van der Waals surface area contributed by atoms with Crippen LogP contribution >= 0.6 is 15.9 Å². The van der Waals surface area contributed by atoms with Crippen LogP contribution in [0.2, 0.25) is 0 Å². The van der Waals surface area contributed by atoms with Crippen LogP contribution in [0.5, 0.6) is 0 Å². The Hall–Kier alpha value is -3.17. The van der Waals surface area contributed by atoms with Crippen molar-refractivity contribution in [3.05, 3.63) is 94.5 Å². The number of nitrogens with one attached hydrogen (secondary N) is 1. The van der Waals surface area contributed by atoms with Crippen molar-refractivity contribution < 1.29 is 18.0 Å². The van der Waals surface area contributed by atoms with Crippen molar-refractivity contribution >= 4 is 43.5 Å². The van der Waals surface area contributed by atoms with Crippen LogP contribution in [0.1, 0.15) is 38.8 Å². The molecule has 0 heterocycles. The number of carbonyl (C=O) groups excluding carboxylic acids is 2. The lowest BCUT2D eigenvalue weighted by atomic mass is 10.1. The summed E-state index contributed by atoms with van der Waals surface area (Å²) in [5.74, 6) is -0.820. The third-order valence-electron chi connectivity index (χ3n) is 5.86. The van der Waals surface area contributed by atoms with E-state index in [1.54, 1.807) is 49.4 Å². The van der Waals surface area contributed by atoms with E-state index in [2.05, 4.69) is 21.2 Å². The zero-order chi connectivity index (χ0) is 28.1. The maximum atomic E-state index is 13.9. The number of benzene rings is 3. The molecule has 0 saturated heterocycles. The summed E-state index contributed by atoms with van der Waals surface area (Å²) >= 11 is 3.41. The maximum Gasteiger partial charge on any atom is 0.264 e. The van der Waals surface area contributed by atoms with Gasteiger partial charge in [0.25, 0.3) is 10.0 Å². The summed E-state index contributed by atoms with van der Waals surface area (Å²) in [6.45, 7) is 8.79. The Morgan fingerprint density at radius 2 is 1.50 bits per heavy atom. The van der Waals surface area contributed by atoms with Crippen LogP contribution in [-0.2, 0) is 26.2 Å². The van der Waals surface area contributed by atoms with Gasteiger partial charge in [-0.3, -0.25) is 13.9 Å². The van der Waals surface area contributed by atoms with Gasteiger partial charge in [-0.15, -0.1) is 0 Å². The lowest BCUT2D eigenvalue weighted by Gasteiger charge is -2.33. The first kappa shape index (κ1) is 29.4. The number of anilines is 1. The predicted molar refractivity (Wildman–Crippen MR) is 154 cm³/mol. The van der Waals surface area contributed by atoms with Crippen molar-refractivity contribution in [2.75, 3.05) is 10.8 Å². The van der Waals surface area contributed by atoms with Crippen LogP contribution in [0.15, 0.2) is 88.2 Å². The smallest absolute Gasteiger partial charge is 0.264 e. The van der Waals surface area contributed by atoms with E-state index in [0.717, 1.165) is 19.9 Å². The zero-order valence-corrected chi connectivity index (χ0v) is 24.7. The SMILES string of the molecule is Cc1ccc(S(=O)(=O)N(CC(=O)N(Cc2ccc(Br)cc2)[C@H](C)C(=O)NC(C)(C)C)c2ccccc2)cc1. The maximum absolute atomic E-state index is 13.9. The average molecular weight is 601 g/mol. The van der Waals surface area contributed by atoms with E-state index < -0.39 is 34.1 Å². The third-order valence-corrected chi connectivity index (χ3v) is 8.18. The molecule has 0 fully saturated rings. The summed E-state index contributed by atoms with van der Waals surface area (Å²) in [4.78, 5) is 28.5. The summed E-state index contributed by atoms with van der Waals surface area (Å²) in [6, 6.07) is 21.6. The number of amides is 2. The molecule has 202 valence electrons. The first-order valence-corrected chi connectivity index (χ1v) is 14.5. The van der Waals surface area contributed by atoms with Gasteiger partial charge in [-0.1, -0.05) is 64.0 Å². The quantitative estimate of drug-likeness (QED) is 0.362. The van der Waals surface area contributed by atoms with Crippen molar-refractivity contribution in [2.45, 2.75) is 57.6 Å². The van der Waals surface area contributed by atoms with Crippen molar-refractivity contribution in [1.82, 2.24) is 10.2 Å². The van der Waals surface area contributed by atoms with Crippen LogP contribution in [-0.4, -0.2) is 43.3 Å². The molecule has 2 amide bonds. The summed E-state index contributed by atoms with van der Waals surface area (Å²) in [5, 5.41) is 2.92.